The van der Waals surface area contributed by atoms with Crippen LogP contribution in [0.25, 0.3) is 0 Å². The van der Waals surface area contributed by atoms with Crippen molar-refractivity contribution in [2.24, 2.45) is 0 Å². The van der Waals surface area contributed by atoms with Crippen LogP contribution >= 0.6 is 0 Å². The summed E-state index contributed by atoms with van der Waals surface area (Å²) in [6.07, 6.45) is 3.39. The van der Waals surface area contributed by atoms with Crippen LogP contribution in [0, 0.1) is 6.07 Å². The van der Waals surface area contributed by atoms with Gasteiger partial charge in [0.25, 0.3) is 0 Å². The Balaban J connectivity index is -0.0000000179. The SMILES string of the molecule is C.C=C.C=C.C=C.CC.CC.[Y].[c-]1ccncc1. The normalized spacial score (nSPS) is 4.00. The molecule has 0 amide bonds. The van der Waals surface area contributed by atoms with Crippen LogP contribution in [0.15, 0.2) is 64.0 Å². The third-order valence-corrected chi connectivity index (χ3v) is 0.514. The summed E-state index contributed by atoms with van der Waals surface area (Å²) in [4.78, 5) is 3.75. The minimum atomic E-state index is 0. The summed E-state index contributed by atoms with van der Waals surface area (Å²) in [7, 11) is 0. The first-order valence-corrected chi connectivity index (χ1v) is 5.26. The standard InChI is InChI=1S/C5H4N.2C2H6.3C2H4.CH4.Y/c1-2-4-6-5-3-1;5*1-2;;/h2-5H;2*1-2H3;3*1-2H2;1H4;/q-1;;;;;;;. The van der Waals surface area contributed by atoms with Crippen molar-refractivity contribution in [3.63, 3.8) is 0 Å². The maximum atomic E-state index is 3.75. The van der Waals surface area contributed by atoms with Crippen molar-refractivity contribution in [2.75, 3.05) is 0 Å². The number of pyridine rings is 1. The van der Waals surface area contributed by atoms with E-state index in [-0.39, 0.29) is 40.1 Å². The third-order valence-electron chi connectivity index (χ3n) is 0.514. The van der Waals surface area contributed by atoms with E-state index >= 15 is 0 Å². The van der Waals surface area contributed by atoms with Crippen LogP contribution in [0.4, 0.5) is 0 Å². The molecule has 1 nitrogen and oxygen atoms in total. The summed E-state index contributed by atoms with van der Waals surface area (Å²) < 4.78 is 0. The molecule has 1 aromatic heterocycles. The first-order chi connectivity index (χ1) is 8.00. The molecule has 0 saturated carbocycles. The van der Waals surface area contributed by atoms with Gasteiger partial charge in [-0.1, -0.05) is 47.5 Å². The molecule has 2 heteroatoms. The van der Waals surface area contributed by atoms with E-state index in [4.69, 9.17) is 0 Å². The molecule has 0 bridgehead atoms. The molecule has 0 unspecified atom stereocenters. The zero-order valence-electron chi connectivity index (χ0n) is 12.1. The molecule has 0 saturated heterocycles. The maximum absolute atomic E-state index is 3.75. The molecule has 1 rings (SSSR count). The van der Waals surface area contributed by atoms with Gasteiger partial charge in [0.05, 0.1) is 0 Å². The Hall–Kier alpha value is -0.526. The number of rotatable bonds is 0. The first kappa shape index (κ1) is 43.2. The smallest absolute Gasteiger partial charge is 0 e. The minimum Gasteiger partial charge on any atom is -0.391 e. The van der Waals surface area contributed by atoms with E-state index in [2.05, 4.69) is 50.5 Å². The van der Waals surface area contributed by atoms with Gasteiger partial charge in [-0.25, -0.2) is 0 Å². The van der Waals surface area contributed by atoms with Gasteiger partial charge in [-0.05, 0) is 0 Å². The summed E-state index contributed by atoms with van der Waals surface area (Å²) in [6, 6.07) is 6.36. The zero-order chi connectivity index (χ0) is 14.2. The molecule has 0 atom stereocenters. The van der Waals surface area contributed by atoms with Crippen LogP contribution < -0.4 is 0 Å². The molecule has 1 radical (unpaired) electrons. The zero-order valence-corrected chi connectivity index (χ0v) is 14.9. The van der Waals surface area contributed by atoms with Crippen LogP contribution in [-0.2, 0) is 32.7 Å². The van der Waals surface area contributed by atoms with Crippen LogP contribution in [0.3, 0.4) is 0 Å². The van der Waals surface area contributed by atoms with E-state index in [0.717, 1.165) is 0 Å². The fourth-order valence-electron chi connectivity index (χ4n) is 0.277. The van der Waals surface area contributed by atoms with E-state index in [1.807, 2.05) is 27.7 Å². The molecular weight excluding hydrogens is 295 g/mol. The van der Waals surface area contributed by atoms with E-state index in [9.17, 15) is 0 Å². The van der Waals surface area contributed by atoms with Gasteiger partial charge in [-0.15, -0.1) is 39.5 Å². The molecule has 0 spiro atoms. The molecule has 105 valence electrons. The van der Waals surface area contributed by atoms with Crippen molar-refractivity contribution >= 4 is 0 Å². The van der Waals surface area contributed by atoms with Gasteiger partial charge in [-0.3, -0.25) is 0 Å². The number of nitrogens with zero attached hydrogens (tertiary/aromatic N) is 1. The first-order valence-electron chi connectivity index (χ1n) is 5.26. The van der Waals surface area contributed by atoms with Gasteiger partial charge in [0.2, 0.25) is 0 Å². The number of hydrogen-bond donors (Lipinski definition) is 0. The van der Waals surface area contributed by atoms with Crippen molar-refractivity contribution in [3.8, 4) is 0 Å². The molecule has 0 fully saturated rings. The number of hydrogen-bond acceptors (Lipinski definition) is 1. The minimum absolute atomic E-state index is 0. The Morgan fingerprint density at radius 1 is 0.722 bits per heavy atom. The van der Waals surface area contributed by atoms with E-state index in [0.29, 0.717) is 0 Å². The monoisotopic (exact) mass is 327 g/mol. The van der Waals surface area contributed by atoms with Crippen LogP contribution in [-0.4, -0.2) is 4.98 Å². The van der Waals surface area contributed by atoms with Gasteiger partial charge in [-0.2, -0.15) is 18.2 Å². The second-order valence-corrected chi connectivity index (χ2v) is 0.947. The second kappa shape index (κ2) is 132. The van der Waals surface area contributed by atoms with Gasteiger partial charge in [0.1, 0.15) is 0 Å². The Morgan fingerprint density at radius 3 is 1.00 bits per heavy atom. The molecule has 0 aliphatic carbocycles. The topological polar surface area (TPSA) is 12.9 Å². The Bertz CT molecular complexity index is 112. The second-order valence-electron chi connectivity index (χ2n) is 0.947. The van der Waals surface area contributed by atoms with Gasteiger partial charge in [0, 0.05) is 32.7 Å². The molecule has 0 N–H and O–H groups in total. The van der Waals surface area contributed by atoms with E-state index < -0.39 is 0 Å². The van der Waals surface area contributed by atoms with Gasteiger partial charge >= 0.3 is 0 Å². The third kappa shape index (κ3) is 108. The van der Waals surface area contributed by atoms with Crippen LogP contribution in [0.5, 0.6) is 0 Å². The predicted octanol–water partition coefficient (Wildman–Crippen LogP) is 5.97. The fraction of sp³-hybridized carbons (Fsp3) is 0.312. The summed E-state index contributed by atoms with van der Waals surface area (Å²) in [5.41, 5.74) is 0. The van der Waals surface area contributed by atoms with Crippen molar-refractivity contribution in [3.05, 3.63) is 70.1 Å². The summed E-state index contributed by atoms with van der Waals surface area (Å²) in [5.74, 6) is 0. The Kier molecular flexibility index (Phi) is 316. The summed E-state index contributed by atoms with van der Waals surface area (Å²) in [6.45, 7) is 26.0. The van der Waals surface area contributed by atoms with Crippen LogP contribution in [0.1, 0.15) is 35.1 Å². The molecule has 0 aliphatic heterocycles. The number of aromatic nitrogens is 1. The van der Waals surface area contributed by atoms with Crippen LogP contribution in [0.2, 0.25) is 0 Å². The van der Waals surface area contributed by atoms with Crippen molar-refractivity contribution < 1.29 is 32.7 Å². The summed E-state index contributed by atoms with van der Waals surface area (Å²) >= 11 is 0. The maximum Gasteiger partial charge on any atom is 0 e. The molecule has 1 aromatic rings. The Morgan fingerprint density at radius 2 is 0.944 bits per heavy atom. The molecule has 0 aliphatic rings. The van der Waals surface area contributed by atoms with Crippen molar-refractivity contribution in [2.45, 2.75) is 35.1 Å². The van der Waals surface area contributed by atoms with Gasteiger partial charge in [0.15, 0.2) is 0 Å². The molecular formula is C16H32NY-. The predicted molar refractivity (Wildman–Crippen MR) is 86.3 cm³/mol. The molecule has 1 heterocycles. The average molecular weight is 327 g/mol. The fourth-order valence-corrected chi connectivity index (χ4v) is 0.277. The summed E-state index contributed by atoms with van der Waals surface area (Å²) in [5, 5.41) is 0. The van der Waals surface area contributed by atoms with E-state index in [1.165, 1.54) is 0 Å². The quantitative estimate of drug-likeness (QED) is 0.422. The largest absolute Gasteiger partial charge is 0.391 e. The van der Waals surface area contributed by atoms with Crippen molar-refractivity contribution in [1.29, 1.82) is 0 Å². The van der Waals surface area contributed by atoms with E-state index in [1.54, 1.807) is 24.5 Å². The molecule has 0 aromatic carbocycles. The average Bonchev–Trinajstić information content (AvgIpc) is 2.51. The van der Waals surface area contributed by atoms with Crippen molar-refractivity contribution in [1.82, 2.24) is 4.98 Å². The molecule has 18 heavy (non-hydrogen) atoms. The van der Waals surface area contributed by atoms with Gasteiger partial charge < -0.3 is 4.98 Å². The Labute approximate surface area is 142 Å².